The van der Waals surface area contributed by atoms with E-state index in [0.29, 0.717) is 28.1 Å². The molecule has 0 bridgehead atoms. The molecule has 27 heavy (non-hydrogen) atoms. The first-order chi connectivity index (χ1) is 13.0. The first-order valence-electron chi connectivity index (χ1n) is 8.19. The maximum Gasteiger partial charge on any atom is 0.266 e. The maximum absolute atomic E-state index is 13.2. The third kappa shape index (κ3) is 3.17. The highest BCUT2D eigenvalue weighted by molar-refractivity contribution is 6.39. The van der Waals surface area contributed by atoms with Gasteiger partial charge in [0.05, 0.1) is 21.8 Å². The van der Waals surface area contributed by atoms with Gasteiger partial charge in [0.1, 0.15) is 18.2 Å². The van der Waals surface area contributed by atoms with Crippen molar-refractivity contribution in [3.05, 3.63) is 94.3 Å². The summed E-state index contributed by atoms with van der Waals surface area (Å²) >= 11 is 6.30. The number of hydrogen-bond acceptors (Lipinski definition) is 3. The molecule has 0 atom stereocenters. The minimum atomic E-state index is -0.411. The predicted octanol–water partition coefficient (Wildman–Crippen LogP) is 4.86. The SMILES string of the molecule is O=C1c2ccccc2C(=O)N1c1ccc(OCc2cccc(F)c2)cc1Cl. The third-order valence-electron chi connectivity index (χ3n) is 4.25. The molecule has 0 aromatic heterocycles. The van der Waals surface area contributed by atoms with Gasteiger partial charge in [-0.3, -0.25) is 9.59 Å². The maximum atomic E-state index is 13.2. The van der Waals surface area contributed by atoms with Crippen LogP contribution in [0.4, 0.5) is 10.1 Å². The summed E-state index contributed by atoms with van der Waals surface area (Å²) in [6.07, 6.45) is 0. The van der Waals surface area contributed by atoms with Crippen molar-refractivity contribution in [3.8, 4) is 5.75 Å². The molecule has 4 rings (SSSR count). The Balaban J connectivity index is 1.56. The molecule has 0 aliphatic carbocycles. The Morgan fingerprint density at radius 3 is 2.22 bits per heavy atom. The monoisotopic (exact) mass is 381 g/mol. The van der Waals surface area contributed by atoms with Gasteiger partial charge in [0.15, 0.2) is 0 Å². The molecule has 2 amide bonds. The molecule has 0 spiro atoms. The first-order valence-corrected chi connectivity index (χ1v) is 8.57. The molecule has 1 heterocycles. The zero-order valence-electron chi connectivity index (χ0n) is 14.0. The number of carbonyl (C=O) groups is 2. The van der Waals surface area contributed by atoms with Crippen LogP contribution in [0.5, 0.6) is 5.75 Å². The highest BCUT2D eigenvalue weighted by Crippen LogP contribution is 2.35. The van der Waals surface area contributed by atoms with Crippen LogP contribution in [0.15, 0.2) is 66.7 Å². The quantitative estimate of drug-likeness (QED) is 0.606. The highest BCUT2D eigenvalue weighted by atomic mass is 35.5. The number of ether oxygens (including phenoxy) is 1. The average Bonchev–Trinajstić information content (AvgIpc) is 2.92. The van der Waals surface area contributed by atoms with E-state index >= 15 is 0 Å². The lowest BCUT2D eigenvalue weighted by Crippen LogP contribution is -2.29. The molecule has 0 unspecified atom stereocenters. The molecule has 1 aliphatic rings. The van der Waals surface area contributed by atoms with Crippen molar-refractivity contribution in [2.45, 2.75) is 6.61 Å². The number of halogens is 2. The van der Waals surface area contributed by atoms with E-state index in [1.807, 2.05) is 0 Å². The van der Waals surface area contributed by atoms with Gasteiger partial charge < -0.3 is 4.74 Å². The number of nitrogens with zero attached hydrogens (tertiary/aromatic N) is 1. The largest absolute Gasteiger partial charge is 0.489 e. The van der Waals surface area contributed by atoms with Crippen LogP contribution in [-0.4, -0.2) is 11.8 Å². The molecule has 0 saturated carbocycles. The second-order valence-electron chi connectivity index (χ2n) is 6.02. The van der Waals surface area contributed by atoms with Gasteiger partial charge in [-0.05, 0) is 42.0 Å². The van der Waals surface area contributed by atoms with E-state index in [2.05, 4.69) is 0 Å². The average molecular weight is 382 g/mol. The Morgan fingerprint density at radius 2 is 1.59 bits per heavy atom. The molecular weight excluding hydrogens is 369 g/mol. The third-order valence-corrected chi connectivity index (χ3v) is 4.55. The van der Waals surface area contributed by atoms with Crippen molar-refractivity contribution in [2.75, 3.05) is 4.90 Å². The van der Waals surface area contributed by atoms with Crippen LogP contribution in [0.1, 0.15) is 26.3 Å². The summed E-state index contributed by atoms with van der Waals surface area (Å²) in [6.45, 7) is 0.167. The van der Waals surface area contributed by atoms with E-state index in [0.717, 1.165) is 4.90 Å². The first kappa shape index (κ1) is 17.2. The van der Waals surface area contributed by atoms with E-state index in [9.17, 15) is 14.0 Å². The molecule has 0 saturated heterocycles. The topological polar surface area (TPSA) is 46.6 Å². The lowest BCUT2D eigenvalue weighted by Gasteiger charge is -2.16. The minimum Gasteiger partial charge on any atom is -0.489 e. The van der Waals surface area contributed by atoms with Crippen LogP contribution in [0, 0.1) is 5.82 Å². The summed E-state index contributed by atoms with van der Waals surface area (Å²) in [5.74, 6) is -0.711. The Hall–Kier alpha value is -3.18. The lowest BCUT2D eigenvalue weighted by molar-refractivity contribution is 0.0926. The van der Waals surface area contributed by atoms with Gasteiger partial charge in [-0.1, -0.05) is 35.9 Å². The van der Waals surface area contributed by atoms with Crippen LogP contribution < -0.4 is 9.64 Å². The van der Waals surface area contributed by atoms with E-state index < -0.39 is 11.8 Å². The molecule has 134 valence electrons. The van der Waals surface area contributed by atoms with Crippen molar-refractivity contribution in [1.29, 1.82) is 0 Å². The van der Waals surface area contributed by atoms with E-state index in [-0.39, 0.29) is 17.4 Å². The van der Waals surface area contributed by atoms with Crippen molar-refractivity contribution in [1.82, 2.24) is 0 Å². The zero-order chi connectivity index (χ0) is 19.0. The van der Waals surface area contributed by atoms with Crippen molar-refractivity contribution < 1.29 is 18.7 Å². The van der Waals surface area contributed by atoms with Crippen LogP contribution >= 0.6 is 11.6 Å². The number of amides is 2. The van der Waals surface area contributed by atoms with Gasteiger partial charge >= 0.3 is 0 Å². The van der Waals surface area contributed by atoms with Crippen molar-refractivity contribution in [2.24, 2.45) is 0 Å². The molecule has 4 nitrogen and oxygen atoms in total. The van der Waals surface area contributed by atoms with Crippen molar-refractivity contribution >= 4 is 29.1 Å². The smallest absolute Gasteiger partial charge is 0.266 e. The number of carbonyl (C=O) groups excluding carboxylic acids is 2. The summed E-state index contributed by atoms with van der Waals surface area (Å²) in [7, 11) is 0. The second kappa shape index (κ2) is 6.85. The molecular formula is C21H13ClFNO3. The van der Waals surface area contributed by atoms with Gasteiger partial charge in [0.25, 0.3) is 11.8 Å². The minimum absolute atomic E-state index is 0.167. The molecule has 0 radical (unpaired) electrons. The summed E-state index contributed by atoms with van der Waals surface area (Å²) in [5.41, 5.74) is 1.67. The Bertz CT molecular complexity index is 1030. The number of benzene rings is 3. The summed E-state index contributed by atoms with van der Waals surface area (Å²) in [4.78, 5) is 26.2. The Labute approximate surface area is 159 Å². The van der Waals surface area contributed by atoms with Crippen LogP contribution in [-0.2, 0) is 6.61 Å². The van der Waals surface area contributed by atoms with Gasteiger partial charge in [-0.25, -0.2) is 9.29 Å². The number of anilines is 1. The fraction of sp³-hybridized carbons (Fsp3) is 0.0476. The molecule has 0 fully saturated rings. The summed E-state index contributed by atoms with van der Waals surface area (Å²) < 4.78 is 18.8. The zero-order valence-corrected chi connectivity index (χ0v) is 14.7. The Morgan fingerprint density at radius 1 is 0.889 bits per heavy atom. The number of imide groups is 1. The second-order valence-corrected chi connectivity index (χ2v) is 6.43. The van der Waals surface area contributed by atoms with Crippen molar-refractivity contribution in [3.63, 3.8) is 0 Å². The number of fused-ring (bicyclic) bond motifs is 1. The van der Waals surface area contributed by atoms with Gasteiger partial charge in [0, 0.05) is 6.07 Å². The number of rotatable bonds is 4. The lowest BCUT2D eigenvalue weighted by atomic mass is 10.1. The molecule has 0 N–H and O–H groups in total. The van der Waals surface area contributed by atoms with Crippen LogP contribution in [0.3, 0.4) is 0 Å². The van der Waals surface area contributed by atoms with Gasteiger partial charge in [0.2, 0.25) is 0 Å². The van der Waals surface area contributed by atoms with Crippen LogP contribution in [0.2, 0.25) is 5.02 Å². The predicted molar refractivity (Wildman–Crippen MR) is 99.8 cm³/mol. The summed E-state index contributed by atoms with van der Waals surface area (Å²) in [6, 6.07) is 17.4. The Kier molecular flexibility index (Phi) is 4.38. The number of hydrogen-bond donors (Lipinski definition) is 0. The molecule has 1 aliphatic heterocycles. The fourth-order valence-electron chi connectivity index (χ4n) is 2.96. The molecule has 6 heteroatoms. The van der Waals surface area contributed by atoms with Gasteiger partial charge in [-0.15, -0.1) is 0 Å². The normalized spacial score (nSPS) is 13.0. The van der Waals surface area contributed by atoms with Gasteiger partial charge in [-0.2, -0.15) is 0 Å². The van der Waals surface area contributed by atoms with E-state index in [1.54, 1.807) is 48.5 Å². The highest BCUT2D eigenvalue weighted by Gasteiger charge is 2.37. The van der Waals surface area contributed by atoms with E-state index in [4.69, 9.17) is 16.3 Å². The molecule has 3 aromatic rings. The molecule has 3 aromatic carbocycles. The standard InChI is InChI=1S/C21H13ClFNO3/c22-18-11-15(27-12-13-4-3-5-14(23)10-13)8-9-19(18)24-20(25)16-6-1-2-7-17(16)21(24)26/h1-11H,12H2. The van der Waals surface area contributed by atoms with E-state index in [1.165, 1.54) is 18.2 Å². The van der Waals surface area contributed by atoms with Crippen LogP contribution in [0.25, 0.3) is 0 Å². The fourth-order valence-corrected chi connectivity index (χ4v) is 3.22. The summed E-state index contributed by atoms with van der Waals surface area (Å²) in [5, 5.41) is 0.209.